The van der Waals surface area contributed by atoms with Crippen LogP contribution in [0.3, 0.4) is 0 Å². The van der Waals surface area contributed by atoms with Crippen molar-refractivity contribution >= 4 is 52.0 Å². The minimum atomic E-state index is -4.79. The van der Waals surface area contributed by atoms with E-state index >= 15 is 0 Å². The SMILES string of the molecule is CCCC[C@H](NC(=O)CNC(=O)[C@H](CCCC)NC(=O)[C@H](Cc1ccc(OS(=O)(=O)O)cc1)NC(=O)OCc1ccccc1)C(=O)N[C@@H](CC(=O)O)C(N)=O. The van der Waals surface area contributed by atoms with Gasteiger partial charge in [-0.3, -0.25) is 33.3 Å². The second-order valence-corrected chi connectivity index (χ2v) is 13.4. The zero-order valence-corrected chi connectivity index (χ0v) is 31.3. The van der Waals surface area contributed by atoms with Crippen molar-refractivity contribution in [3.8, 4) is 5.75 Å². The number of carboxylic acid groups (broad SMARTS) is 1. The Bertz CT molecular complexity index is 1730. The van der Waals surface area contributed by atoms with Gasteiger partial charge in [-0.1, -0.05) is 82.0 Å². The molecule has 0 aromatic heterocycles. The van der Waals surface area contributed by atoms with Gasteiger partial charge in [0.1, 0.15) is 36.5 Å². The smallest absolute Gasteiger partial charge is 0.446 e. The van der Waals surface area contributed by atoms with Crippen LogP contribution in [0.5, 0.6) is 5.75 Å². The van der Waals surface area contributed by atoms with Crippen molar-refractivity contribution in [2.24, 2.45) is 5.73 Å². The Hall–Kier alpha value is -5.76. The molecule has 9 N–H and O–H groups in total. The quantitative estimate of drug-likeness (QED) is 0.0677. The maximum Gasteiger partial charge on any atom is 0.446 e. The Labute approximate surface area is 318 Å². The van der Waals surface area contributed by atoms with Gasteiger partial charge in [0, 0.05) is 6.42 Å². The molecule has 6 amide bonds. The molecule has 302 valence electrons. The molecule has 0 unspecified atom stereocenters. The Kier molecular flexibility index (Phi) is 19.1. The van der Waals surface area contributed by atoms with E-state index in [2.05, 4.69) is 30.8 Å². The van der Waals surface area contributed by atoms with E-state index in [-0.39, 0.29) is 31.6 Å². The van der Waals surface area contributed by atoms with Gasteiger partial charge in [0.15, 0.2) is 0 Å². The summed E-state index contributed by atoms with van der Waals surface area (Å²) in [5, 5.41) is 21.3. The molecule has 19 nitrogen and oxygen atoms in total. The summed E-state index contributed by atoms with van der Waals surface area (Å²) < 4.78 is 40.8. The summed E-state index contributed by atoms with van der Waals surface area (Å²) in [6, 6.07) is 8.77. The van der Waals surface area contributed by atoms with E-state index in [4.69, 9.17) is 20.1 Å². The number of hydrogen-bond acceptors (Lipinski definition) is 11. The number of aliphatic carboxylic acids is 1. The first kappa shape index (κ1) is 45.4. The zero-order chi connectivity index (χ0) is 41.0. The summed E-state index contributed by atoms with van der Waals surface area (Å²) in [5.74, 6) is -5.84. The van der Waals surface area contributed by atoms with E-state index in [9.17, 15) is 42.0 Å². The highest BCUT2D eigenvalue weighted by Crippen LogP contribution is 2.16. The average Bonchev–Trinajstić information content (AvgIpc) is 3.12. The number of hydrogen-bond donors (Lipinski definition) is 8. The monoisotopic (exact) mass is 792 g/mol. The number of nitrogens with two attached hydrogens (primary N) is 1. The highest BCUT2D eigenvalue weighted by molar-refractivity contribution is 7.81. The lowest BCUT2D eigenvalue weighted by atomic mass is 10.0. The lowest BCUT2D eigenvalue weighted by molar-refractivity contribution is -0.140. The molecule has 0 aliphatic carbocycles. The van der Waals surface area contributed by atoms with Crippen LogP contribution in [0.1, 0.15) is 69.9 Å². The van der Waals surface area contributed by atoms with E-state index in [1.165, 1.54) is 24.3 Å². The molecule has 0 saturated heterocycles. The highest BCUT2D eigenvalue weighted by atomic mass is 32.3. The van der Waals surface area contributed by atoms with Gasteiger partial charge in [0.2, 0.25) is 29.5 Å². The Balaban J connectivity index is 2.17. The third kappa shape index (κ3) is 18.2. The van der Waals surface area contributed by atoms with Crippen LogP contribution >= 0.6 is 0 Å². The lowest BCUT2D eigenvalue weighted by Gasteiger charge is -2.24. The molecule has 55 heavy (non-hydrogen) atoms. The van der Waals surface area contributed by atoms with Crippen molar-refractivity contribution in [2.45, 2.75) is 96.0 Å². The molecule has 0 fully saturated rings. The number of benzene rings is 2. The van der Waals surface area contributed by atoms with Crippen LogP contribution in [0, 0.1) is 0 Å². The first-order valence-electron chi connectivity index (χ1n) is 17.4. The van der Waals surface area contributed by atoms with E-state index in [0.29, 0.717) is 36.8 Å². The average molecular weight is 793 g/mol. The van der Waals surface area contributed by atoms with Crippen LogP contribution in [0.4, 0.5) is 4.79 Å². The number of nitrogens with one attached hydrogen (secondary N) is 5. The molecule has 0 aliphatic rings. The molecule has 0 radical (unpaired) electrons. The fourth-order valence-electron chi connectivity index (χ4n) is 4.99. The van der Waals surface area contributed by atoms with Gasteiger partial charge in [0.25, 0.3) is 0 Å². The minimum absolute atomic E-state index is 0.110. The first-order valence-corrected chi connectivity index (χ1v) is 18.8. The summed E-state index contributed by atoms with van der Waals surface area (Å²) >= 11 is 0. The maximum atomic E-state index is 13.7. The lowest BCUT2D eigenvalue weighted by Crippen LogP contribution is -2.56. The zero-order valence-electron chi connectivity index (χ0n) is 30.4. The number of carboxylic acids is 1. The maximum absolute atomic E-state index is 13.7. The van der Waals surface area contributed by atoms with E-state index < -0.39 is 89.1 Å². The molecule has 4 atom stereocenters. The van der Waals surface area contributed by atoms with Crippen molar-refractivity contribution in [3.05, 3.63) is 65.7 Å². The number of carbonyl (C=O) groups is 7. The molecule has 0 aliphatic heterocycles. The minimum Gasteiger partial charge on any atom is -0.481 e. The van der Waals surface area contributed by atoms with Gasteiger partial charge < -0.3 is 46.3 Å². The van der Waals surface area contributed by atoms with Crippen molar-refractivity contribution in [3.63, 3.8) is 0 Å². The Morgan fingerprint density at radius 1 is 0.727 bits per heavy atom. The number of ether oxygens (including phenoxy) is 1. The van der Waals surface area contributed by atoms with Crippen LogP contribution in [-0.4, -0.2) is 90.4 Å². The molecule has 0 bridgehead atoms. The van der Waals surface area contributed by atoms with Crippen LogP contribution in [-0.2, 0) is 56.9 Å². The highest BCUT2D eigenvalue weighted by Gasteiger charge is 2.29. The fraction of sp³-hybridized carbons (Fsp3) is 0.457. The molecular weight excluding hydrogens is 744 g/mol. The largest absolute Gasteiger partial charge is 0.481 e. The number of unbranched alkanes of at least 4 members (excludes halogenated alkanes) is 2. The Morgan fingerprint density at radius 3 is 1.84 bits per heavy atom. The van der Waals surface area contributed by atoms with Gasteiger partial charge in [-0.2, -0.15) is 8.42 Å². The van der Waals surface area contributed by atoms with Gasteiger partial charge >= 0.3 is 22.5 Å². The standard InChI is InChI=1S/C35H48N6O13S/c1-3-5-12-25(32(46)37-20-29(42)38-26(13-6-4-2)33(47)40-27(31(36)45)19-30(43)44)39-34(48)28(41-35(49)53-21-23-10-8-7-9-11-23)18-22-14-16-24(17-15-22)54-55(50,51)52/h7-11,14-17,25-28H,3-6,12-13,18-21H2,1-2H3,(H2,36,45)(H,37,46)(H,38,42)(H,39,48)(H,40,47)(H,41,49)(H,43,44)(H,50,51,52)/t25-,26-,27-,28-/m0/s1. The summed E-state index contributed by atoms with van der Waals surface area (Å²) in [5.41, 5.74) is 6.31. The normalized spacial score (nSPS) is 13.1. The molecule has 0 heterocycles. The van der Waals surface area contributed by atoms with Crippen molar-refractivity contribution in [1.29, 1.82) is 0 Å². The number of amides is 6. The van der Waals surface area contributed by atoms with E-state index in [0.717, 1.165) is 0 Å². The van der Waals surface area contributed by atoms with Gasteiger partial charge in [0.05, 0.1) is 13.0 Å². The molecular formula is C35H48N6O13S. The third-order valence-corrected chi connectivity index (χ3v) is 8.23. The van der Waals surface area contributed by atoms with E-state index in [1.807, 2.05) is 13.8 Å². The molecule has 0 spiro atoms. The second kappa shape index (κ2) is 23.1. The van der Waals surface area contributed by atoms with Gasteiger partial charge in [-0.05, 0) is 36.1 Å². The van der Waals surface area contributed by atoms with Crippen molar-refractivity contribution in [1.82, 2.24) is 26.6 Å². The molecule has 0 saturated carbocycles. The summed E-state index contributed by atoms with van der Waals surface area (Å²) in [4.78, 5) is 88.3. The third-order valence-electron chi connectivity index (χ3n) is 7.83. The topological polar surface area (TPSA) is 299 Å². The number of primary amides is 1. The van der Waals surface area contributed by atoms with Gasteiger partial charge in [-0.15, -0.1) is 0 Å². The van der Waals surface area contributed by atoms with Crippen molar-refractivity contribution < 1.29 is 60.6 Å². The Morgan fingerprint density at radius 2 is 1.29 bits per heavy atom. The number of alkyl carbamates (subject to hydrolysis) is 1. The first-order chi connectivity index (χ1) is 26.0. The van der Waals surface area contributed by atoms with Crippen LogP contribution in [0.15, 0.2) is 54.6 Å². The molecule has 2 aromatic carbocycles. The van der Waals surface area contributed by atoms with Gasteiger partial charge in [-0.25, -0.2) is 4.79 Å². The fourth-order valence-corrected chi connectivity index (χ4v) is 5.34. The van der Waals surface area contributed by atoms with Crippen LogP contribution in [0.25, 0.3) is 0 Å². The van der Waals surface area contributed by atoms with Crippen LogP contribution < -0.4 is 36.5 Å². The molecule has 2 rings (SSSR count). The van der Waals surface area contributed by atoms with E-state index in [1.54, 1.807) is 30.3 Å². The number of rotatable bonds is 24. The second-order valence-electron chi connectivity index (χ2n) is 12.4. The van der Waals surface area contributed by atoms with Crippen LogP contribution in [0.2, 0.25) is 0 Å². The predicted octanol–water partition coefficient (Wildman–Crippen LogP) is 0.617. The summed E-state index contributed by atoms with van der Waals surface area (Å²) in [6.45, 7) is 2.96. The molecule has 20 heteroatoms. The predicted molar refractivity (Wildman–Crippen MR) is 195 cm³/mol. The summed E-state index contributed by atoms with van der Waals surface area (Å²) in [7, 11) is -4.79. The molecule has 2 aromatic rings. The number of carbonyl (C=O) groups excluding carboxylic acids is 6. The summed E-state index contributed by atoms with van der Waals surface area (Å²) in [6.07, 6.45) is 0.629. The van der Waals surface area contributed by atoms with Crippen molar-refractivity contribution in [2.75, 3.05) is 6.54 Å².